The second kappa shape index (κ2) is 3.85. The molecule has 3 heteroatoms. The van der Waals surface area contributed by atoms with E-state index >= 15 is 0 Å². The van der Waals surface area contributed by atoms with Gasteiger partial charge in [-0.15, -0.1) is 0 Å². The van der Waals surface area contributed by atoms with Crippen LogP contribution in [0.15, 0.2) is 24.3 Å². The number of benzene rings is 1. The lowest BCUT2D eigenvalue weighted by molar-refractivity contribution is 0.0612. The lowest BCUT2D eigenvalue weighted by Crippen LogP contribution is -2.01. The summed E-state index contributed by atoms with van der Waals surface area (Å²) in [7, 11) is 0. The molecule has 1 aromatic rings. The number of ether oxygens (including phenoxy) is 1. The van der Waals surface area contributed by atoms with Crippen LogP contribution in [0.1, 0.15) is 17.3 Å². The third kappa shape index (κ3) is 2.05. The summed E-state index contributed by atoms with van der Waals surface area (Å²) in [5.74, 6) is -0.843. The zero-order valence-electron chi connectivity index (χ0n) is 6.58. The van der Waals surface area contributed by atoms with E-state index < -0.39 is 5.97 Å². The molecule has 0 saturated heterocycles. The van der Waals surface area contributed by atoms with Crippen LogP contribution in [-0.4, -0.2) is 5.97 Å². The van der Waals surface area contributed by atoms with Gasteiger partial charge in [-0.1, -0.05) is 0 Å². The van der Waals surface area contributed by atoms with Crippen molar-refractivity contribution in [2.45, 2.75) is 6.92 Å². The number of hydrogen-bond donors (Lipinski definition) is 0. The molecule has 0 N–H and O–H groups in total. The fraction of sp³-hybridized carbons (Fsp3) is 0.111. The first-order valence-electron chi connectivity index (χ1n) is 3.48. The topological polar surface area (TPSA) is 26.3 Å². The number of rotatable bonds is 2. The number of esters is 1. The highest BCUT2D eigenvalue weighted by atomic mass is 19.1. The summed E-state index contributed by atoms with van der Waals surface area (Å²) in [5, 5.41) is 0. The molecule has 0 bridgehead atoms. The van der Waals surface area contributed by atoms with Gasteiger partial charge in [0.15, 0.2) is 0 Å². The molecule has 0 atom stereocenters. The molecule has 0 aliphatic rings. The maximum atomic E-state index is 12.4. The molecule has 0 amide bonds. The Bertz CT molecular complexity index is 266. The van der Waals surface area contributed by atoms with Gasteiger partial charge in [0.2, 0.25) is 0 Å². The maximum Gasteiger partial charge on any atom is 0.338 e. The van der Waals surface area contributed by atoms with E-state index in [-0.39, 0.29) is 5.82 Å². The van der Waals surface area contributed by atoms with E-state index in [0.29, 0.717) is 5.56 Å². The lowest BCUT2D eigenvalue weighted by atomic mass is 10.2. The molecular weight excluding hydrogens is 159 g/mol. The highest BCUT2D eigenvalue weighted by Crippen LogP contribution is 2.04. The van der Waals surface area contributed by atoms with Gasteiger partial charge in [0, 0.05) is 0 Å². The highest BCUT2D eigenvalue weighted by molar-refractivity contribution is 5.89. The number of carbonyl (C=O) groups is 1. The average Bonchev–Trinajstić information content (AvgIpc) is 2.06. The lowest BCUT2D eigenvalue weighted by Gasteiger charge is -1.99. The van der Waals surface area contributed by atoms with Crippen molar-refractivity contribution in [1.82, 2.24) is 0 Å². The normalized spacial score (nSPS) is 9.50. The largest absolute Gasteiger partial charge is 0.455 e. The predicted molar refractivity (Wildman–Crippen MR) is 41.8 cm³/mol. The van der Waals surface area contributed by atoms with Crippen LogP contribution in [0.3, 0.4) is 0 Å². The van der Waals surface area contributed by atoms with Crippen LogP contribution in [0, 0.1) is 12.4 Å². The summed E-state index contributed by atoms with van der Waals surface area (Å²) >= 11 is 0. The van der Waals surface area contributed by atoms with E-state index in [4.69, 9.17) is 0 Å². The standard InChI is InChI=1S/C9H8FO2/c1-2-12-9(11)7-3-5-8(10)6-4-7/h2-6H,1H3. The van der Waals surface area contributed by atoms with Gasteiger partial charge < -0.3 is 4.74 Å². The van der Waals surface area contributed by atoms with Crippen LogP contribution >= 0.6 is 0 Å². The quantitative estimate of drug-likeness (QED) is 0.631. The van der Waals surface area contributed by atoms with E-state index in [9.17, 15) is 9.18 Å². The zero-order chi connectivity index (χ0) is 8.97. The summed E-state index contributed by atoms with van der Waals surface area (Å²) in [6.07, 6.45) is 0. The van der Waals surface area contributed by atoms with Crippen molar-refractivity contribution in [2.24, 2.45) is 0 Å². The molecule has 63 valence electrons. The second-order valence-corrected chi connectivity index (χ2v) is 2.15. The molecule has 0 aromatic heterocycles. The summed E-state index contributed by atoms with van der Waals surface area (Å²) < 4.78 is 17.0. The van der Waals surface area contributed by atoms with E-state index in [1.807, 2.05) is 0 Å². The first kappa shape index (κ1) is 8.71. The maximum absolute atomic E-state index is 12.4. The molecule has 1 rings (SSSR count). The molecule has 0 unspecified atom stereocenters. The van der Waals surface area contributed by atoms with Crippen molar-refractivity contribution >= 4 is 5.97 Å². The average molecular weight is 167 g/mol. The number of carbonyl (C=O) groups excluding carboxylic acids is 1. The van der Waals surface area contributed by atoms with Crippen molar-refractivity contribution in [3.63, 3.8) is 0 Å². The van der Waals surface area contributed by atoms with E-state index in [0.717, 1.165) is 0 Å². The molecule has 1 radical (unpaired) electrons. The first-order chi connectivity index (χ1) is 5.74. The van der Waals surface area contributed by atoms with Gasteiger partial charge in [0.25, 0.3) is 0 Å². The van der Waals surface area contributed by atoms with Crippen molar-refractivity contribution in [3.05, 3.63) is 42.3 Å². The molecule has 0 aliphatic heterocycles. The van der Waals surface area contributed by atoms with Gasteiger partial charge in [-0.25, -0.2) is 9.18 Å². The third-order valence-electron chi connectivity index (χ3n) is 1.30. The molecule has 1 aromatic carbocycles. The molecule has 0 heterocycles. The minimum Gasteiger partial charge on any atom is -0.455 e. The van der Waals surface area contributed by atoms with Crippen molar-refractivity contribution in [2.75, 3.05) is 0 Å². The Balaban J connectivity index is 2.75. The highest BCUT2D eigenvalue weighted by Gasteiger charge is 2.04. The Morgan fingerprint density at radius 2 is 2.00 bits per heavy atom. The number of hydrogen-bond acceptors (Lipinski definition) is 2. The first-order valence-corrected chi connectivity index (χ1v) is 3.48. The molecule has 0 aliphatic carbocycles. The van der Waals surface area contributed by atoms with Crippen LogP contribution in [0.2, 0.25) is 0 Å². The molecule has 0 fully saturated rings. The molecule has 12 heavy (non-hydrogen) atoms. The van der Waals surface area contributed by atoms with Gasteiger partial charge in [0.05, 0.1) is 5.56 Å². The SMILES string of the molecule is C[CH]OC(=O)c1ccc(F)cc1. The van der Waals surface area contributed by atoms with Gasteiger partial charge in [-0.2, -0.15) is 0 Å². The Morgan fingerprint density at radius 3 is 2.50 bits per heavy atom. The number of halogens is 1. The van der Waals surface area contributed by atoms with Crippen molar-refractivity contribution in [1.29, 1.82) is 0 Å². The van der Waals surface area contributed by atoms with Gasteiger partial charge >= 0.3 is 5.97 Å². The predicted octanol–water partition coefficient (Wildman–Crippen LogP) is 2.16. The van der Waals surface area contributed by atoms with Gasteiger partial charge in [0.1, 0.15) is 12.4 Å². The summed E-state index contributed by atoms with van der Waals surface area (Å²) in [5.41, 5.74) is 0.342. The van der Waals surface area contributed by atoms with E-state index in [1.54, 1.807) is 6.92 Å². The van der Waals surface area contributed by atoms with Gasteiger partial charge in [-0.05, 0) is 31.2 Å². The summed E-state index contributed by atoms with van der Waals surface area (Å²) in [6.45, 7) is 2.88. The van der Waals surface area contributed by atoms with E-state index in [1.165, 1.54) is 30.9 Å². The van der Waals surface area contributed by atoms with E-state index in [2.05, 4.69) is 4.74 Å². The monoisotopic (exact) mass is 167 g/mol. The molecule has 0 spiro atoms. The molecule has 0 saturated carbocycles. The molecular formula is C9H8FO2. The van der Waals surface area contributed by atoms with Crippen LogP contribution in [-0.2, 0) is 4.74 Å². The Kier molecular flexibility index (Phi) is 2.80. The Morgan fingerprint density at radius 1 is 1.42 bits per heavy atom. The Labute approximate surface area is 70.0 Å². The van der Waals surface area contributed by atoms with Crippen LogP contribution in [0.4, 0.5) is 4.39 Å². The van der Waals surface area contributed by atoms with Crippen LogP contribution in [0.25, 0.3) is 0 Å². The fourth-order valence-electron chi connectivity index (χ4n) is 0.761. The smallest absolute Gasteiger partial charge is 0.338 e. The Hall–Kier alpha value is -1.38. The third-order valence-corrected chi connectivity index (χ3v) is 1.30. The summed E-state index contributed by atoms with van der Waals surface area (Å²) in [6, 6.07) is 5.18. The fourth-order valence-corrected chi connectivity index (χ4v) is 0.761. The minimum atomic E-state index is -0.475. The van der Waals surface area contributed by atoms with Crippen molar-refractivity contribution < 1.29 is 13.9 Å². The summed E-state index contributed by atoms with van der Waals surface area (Å²) in [4.78, 5) is 11.0. The zero-order valence-corrected chi connectivity index (χ0v) is 6.58. The van der Waals surface area contributed by atoms with Crippen molar-refractivity contribution in [3.8, 4) is 0 Å². The molecule has 2 nitrogen and oxygen atoms in total. The van der Waals surface area contributed by atoms with Gasteiger partial charge in [-0.3, -0.25) is 0 Å². The van der Waals surface area contributed by atoms with Crippen LogP contribution in [0.5, 0.6) is 0 Å². The minimum absolute atomic E-state index is 0.342. The van der Waals surface area contributed by atoms with Crippen LogP contribution < -0.4 is 0 Å². The second-order valence-electron chi connectivity index (χ2n) is 2.15.